The van der Waals surface area contributed by atoms with Crippen LogP contribution in [0.5, 0.6) is 0 Å². The van der Waals surface area contributed by atoms with Crippen molar-refractivity contribution in [3.05, 3.63) is 89.6 Å². The van der Waals surface area contributed by atoms with Gasteiger partial charge in [-0.05, 0) is 35.4 Å². The highest BCUT2D eigenvalue weighted by atomic mass is 16.3. The van der Waals surface area contributed by atoms with E-state index >= 15 is 0 Å². The third-order valence-corrected chi connectivity index (χ3v) is 4.45. The Morgan fingerprint density at radius 2 is 1.86 bits per heavy atom. The number of hydrogen-bond acceptors (Lipinski definition) is 5. The summed E-state index contributed by atoms with van der Waals surface area (Å²) < 4.78 is 0. The van der Waals surface area contributed by atoms with Crippen LogP contribution < -0.4 is 16.0 Å². The van der Waals surface area contributed by atoms with Crippen molar-refractivity contribution in [1.29, 1.82) is 0 Å². The Kier molecular flexibility index (Phi) is 5.49. The first-order valence-electron chi connectivity index (χ1n) is 9.31. The maximum Gasteiger partial charge on any atom is 0.228 e. The first-order valence-corrected chi connectivity index (χ1v) is 9.31. The van der Waals surface area contributed by atoms with Gasteiger partial charge in [0.1, 0.15) is 11.7 Å². The molecule has 1 aliphatic rings. The van der Waals surface area contributed by atoms with E-state index in [1.807, 2.05) is 66.7 Å². The number of aliphatic hydroxyl groups is 1. The van der Waals surface area contributed by atoms with Gasteiger partial charge in [0.15, 0.2) is 0 Å². The Morgan fingerprint density at radius 3 is 2.72 bits per heavy atom. The fraction of sp³-hybridized carbons (Fsp3) is 0.136. The number of anilines is 2. The quantitative estimate of drug-likeness (QED) is 0.539. The zero-order chi connectivity index (χ0) is 20.1. The van der Waals surface area contributed by atoms with Crippen LogP contribution in [0.3, 0.4) is 0 Å². The van der Waals surface area contributed by atoms with Gasteiger partial charge in [-0.3, -0.25) is 9.79 Å². The van der Waals surface area contributed by atoms with Crippen molar-refractivity contribution >= 4 is 23.2 Å². The van der Waals surface area contributed by atoms with Crippen LogP contribution >= 0.6 is 0 Å². The van der Waals surface area contributed by atoms with Crippen LogP contribution in [0.1, 0.15) is 16.7 Å². The first kappa shape index (κ1) is 18.6. The largest absolute Gasteiger partial charge is 0.356 e. The molecule has 0 bridgehead atoms. The van der Waals surface area contributed by atoms with E-state index in [0.29, 0.717) is 24.6 Å². The number of amides is 1. The minimum atomic E-state index is -0.945. The summed E-state index contributed by atoms with van der Waals surface area (Å²) >= 11 is 0. The highest BCUT2D eigenvalue weighted by molar-refractivity contribution is 6.04. The monoisotopic (exact) mass is 387 g/mol. The Bertz CT molecular complexity index is 1040. The van der Waals surface area contributed by atoms with E-state index in [9.17, 15) is 9.90 Å². The standard InChI is InChI=1S/C22H21N5O2/c28-19(13-15-6-2-1-3-7-15)25-17-9-4-8-16(12-17)14-24-21-18-10-5-11-23-20(18)26-22(29)27-21/h1-12,22,29H,13-14H2,(H,23,26)(H,24,27)(H,25,28). The van der Waals surface area contributed by atoms with E-state index < -0.39 is 6.35 Å². The molecular weight excluding hydrogens is 366 g/mol. The number of aliphatic imine (C=N–C) groups is 1. The lowest BCUT2D eigenvalue weighted by atomic mass is 10.1. The average molecular weight is 387 g/mol. The van der Waals surface area contributed by atoms with Gasteiger partial charge < -0.3 is 21.1 Å². The molecule has 0 radical (unpaired) electrons. The van der Waals surface area contributed by atoms with Gasteiger partial charge in [0.25, 0.3) is 0 Å². The van der Waals surface area contributed by atoms with Gasteiger partial charge in [0.05, 0.1) is 18.5 Å². The molecule has 0 fully saturated rings. The summed E-state index contributed by atoms with van der Waals surface area (Å²) in [5.41, 5.74) is 3.43. The highest BCUT2D eigenvalue weighted by Gasteiger charge is 2.20. The van der Waals surface area contributed by atoms with Gasteiger partial charge in [0.2, 0.25) is 12.3 Å². The Balaban J connectivity index is 1.44. The SMILES string of the molecule is O=C(Cc1ccccc1)Nc1cccc(CN=C2NC(O)Nc3ncccc32)c1. The predicted molar refractivity (Wildman–Crippen MR) is 112 cm³/mol. The topological polar surface area (TPSA) is 98.6 Å². The molecule has 2 aromatic carbocycles. The van der Waals surface area contributed by atoms with Crippen molar-refractivity contribution in [3.63, 3.8) is 0 Å². The Labute approximate surface area is 168 Å². The number of nitrogens with zero attached hydrogens (tertiary/aromatic N) is 2. The van der Waals surface area contributed by atoms with Crippen LogP contribution in [0.25, 0.3) is 0 Å². The fourth-order valence-corrected chi connectivity index (χ4v) is 3.12. The number of carbonyl (C=O) groups is 1. The number of amidine groups is 1. The normalized spacial score (nSPS) is 16.4. The molecule has 1 aromatic heterocycles. The molecule has 2 heterocycles. The maximum atomic E-state index is 12.3. The van der Waals surface area contributed by atoms with Gasteiger partial charge in [-0.1, -0.05) is 42.5 Å². The summed E-state index contributed by atoms with van der Waals surface area (Å²) in [5, 5.41) is 18.6. The minimum absolute atomic E-state index is 0.0668. The van der Waals surface area contributed by atoms with Gasteiger partial charge in [-0.2, -0.15) is 0 Å². The molecule has 4 N–H and O–H groups in total. The summed E-state index contributed by atoms with van der Waals surface area (Å²) in [6.07, 6.45) is 1.04. The van der Waals surface area contributed by atoms with Crippen molar-refractivity contribution in [1.82, 2.24) is 10.3 Å². The number of pyridine rings is 1. The second-order valence-electron chi connectivity index (χ2n) is 6.67. The van der Waals surface area contributed by atoms with Gasteiger partial charge >= 0.3 is 0 Å². The summed E-state index contributed by atoms with van der Waals surface area (Å²) in [5.74, 6) is 1.08. The molecule has 0 saturated heterocycles. The van der Waals surface area contributed by atoms with E-state index in [2.05, 4.69) is 25.9 Å². The van der Waals surface area contributed by atoms with Crippen molar-refractivity contribution in [2.75, 3.05) is 10.6 Å². The zero-order valence-corrected chi connectivity index (χ0v) is 15.7. The van der Waals surface area contributed by atoms with Crippen LogP contribution in [0.2, 0.25) is 0 Å². The van der Waals surface area contributed by atoms with E-state index in [1.54, 1.807) is 6.20 Å². The molecule has 0 aliphatic carbocycles. The number of rotatable bonds is 5. The maximum absolute atomic E-state index is 12.3. The van der Waals surface area contributed by atoms with Gasteiger partial charge in [0, 0.05) is 11.9 Å². The number of carbonyl (C=O) groups excluding carboxylic acids is 1. The van der Waals surface area contributed by atoms with Crippen molar-refractivity contribution in [2.24, 2.45) is 4.99 Å². The van der Waals surface area contributed by atoms with Crippen molar-refractivity contribution < 1.29 is 9.90 Å². The van der Waals surface area contributed by atoms with Crippen molar-refractivity contribution in [2.45, 2.75) is 19.3 Å². The molecule has 7 nitrogen and oxygen atoms in total. The second-order valence-corrected chi connectivity index (χ2v) is 6.67. The molecule has 4 rings (SSSR count). The number of aliphatic hydroxyl groups excluding tert-OH is 1. The zero-order valence-electron chi connectivity index (χ0n) is 15.7. The van der Waals surface area contributed by atoms with E-state index in [4.69, 9.17) is 0 Å². The number of benzene rings is 2. The molecule has 1 aliphatic heterocycles. The third kappa shape index (κ3) is 4.77. The second kappa shape index (κ2) is 8.53. The summed E-state index contributed by atoms with van der Waals surface area (Å²) in [7, 11) is 0. The summed E-state index contributed by atoms with van der Waals surface area (Å²) in [6.45, 7) is 0.395. The lowest BCUT2D eigenvalue weighted by Gasteiger charge is -2.25. The lowest BCUT2D eigenvalue weighted by molar-refractivity contribution is -0.115. The van der Waals surface area contributed by atoms with E-state index in [0.717, 1.165) is 22.4 Å². The Morgan fingerprint density at radius 1 is 1.03 bits per heavy atom. The Hall–Kier alpha value is -3.71. The van der Waals surface area contributed by atoms with E-state index in [-0.39, 0.29) is 5.91 Å². The van der Waals surface area contributed by atoms with Crippen LogP contribution in [0, 0.1) is 0 Å². The fourth-order valence-electron chi connectivity index (χ4n) is 3.12. The van der Waals surface area contributed by atoms with Crippen LogP contribution in [0.15, 0.2) is 77.9 Å². The van der Waals surface area contributed by atoms with Crippen LogP contribution in [0.4, 0.5) is 11.5 Å². The average Bonchev–Trinajstić information content (AvgIpc) is 2.73. The molecule has 7 heteroatoms. The number of hydrogen-bond donors (Lipinski definition) is 4. The third-order valence-electron chi connectivity index (χ3n) is 4.45. The molecule has 0 spiro atoms. The molecule has 29 heavy (non-hydrogen) atoms. The first-order chi connectivity index (χ1) is 14.2. The van der Waals surface area contributed by atoms with E-state index in [1.165, 1.54) is 0 Å². The summed E-state index contributed by atoms with van der Waals surface area (Å²) in [6, 6.07) is 20.9. The number of aromatic nitrogens is 1. The minimum Gasteiger partial charge on any atom is -0.356 e. The molecule has 1 atom stereocenters. The molecule has 0 saturated carbocycles. The highest BCUT2D eigenvalue weighted by Crippen LogP contribution is 2.18. The van der Waals surface area contributed by atoms with Crippen molar-refractivity contribution in [3.8, 4) is 0 Å². The smallest absolute Gasteiger partial charge is 0.228 e. The molecule has 146 valence electrons. The van der Waals surface area contributed by atoms with Crippen LogP contribution in [-0.2, 0) is 17.8 Å². The van der Waals surface area contributed by atoms with Gasteiger partial charge in [-0.15, -0.1) is 0 Å². The summed E-state index contributed by atoms with van der Waals surface area (Å²) in [4.78, 5) is 21.1. The number of nitrogens with one attached hydrogen (secondary N) is 3. The predicted octanol–water partition coefficient (Wildman–Crippen LogP) is 2.50. The van der Waals surface area contributed by atoms with Crippen LogP contribution in [-0.4, -0.2) is 28.2 Å². The molecule has 3 aromatic rings. The van der Waals surface area contributed by atoms with Gasteiger partial charge in [-0.25, -0.2) is 4.98 Å². The lowest BCUT2D eigenvalue weighted by Crippen LogP contribution is -2.45. The molecular formula is C22H21N5O2. The molecule has 1 unspecified atom stereocenters. The molecule has 1 amide bonds. The number of fused-ring (bicyclic) bond motifs is 1.